The Labute approximate surface area is 200 Å². The molecule has 0 aliphatic carbocycles. The molecule has 11 nitrogen and oxygen atoms in total. The van der Waals surface area contributed by atoms with Gasteiger partial charge in [0.05, 0.1) is 15.5 Å². The van der Waals surface area contributed by atoms with Gasteiger partial charge in [0, 0.05) is 16.2 Å². The van der Waals surface area contributed by atoms with Gasteiger partial charge in [-0.15, -0.1) is 10.2 Å². The molecule has 0 aromatic heterocycles. The summed E-state index contributed by atoms with van der Waals surface area (Å²) in [5.41, 5.74) is -0.271. The van der Waals surface area contributed by atoms with Gasteiger partial charge in [-0.3, -0.25) is 9.11 Å². The Morgan fingerprint density at radius 1 is 0.714 bits per heavy atom. The lowest BCUT2D eigenvalue weighted by Gasteiger charge is -2.11. The van der Waals surface area contributed by atoms with Crippen molar-refractivity contribution in [1.29, 1.82) is 0 Å². The first-order valence-electron chi connectivity index (χ1n) is 9.39. The molecule has 4 aromatic rings. The molecule has 0 bridgehead atoms. The average Bonchev–Trinajstić information content (AvgIpc) is 2.75. The molecular weight excluding hydrogens is 519 g/mol. The summed E-state index contributed by atoms with van der Waals surface area (Å²) in [6.07, 6.45) is 0. The first-order valence-corrected chi connectivity index (χ1v) is 13.8. The molecule has 2 radical (unpaired) electrons. The van der Waals surface area contributed by atoms with Crippen molar-refractivity contribution in [2.45, 2.75) is 14.7 Å². The smallest absolute Gasteiger partial charge is 0.295 e. The lowest BCUT2D eigenvalue weighted by molar-refractivity contribution is 0.477. The van der Waals surface area contributed by atoms with Crippen LogP contribution >= 0.6 is 0 Å². The van der Waals surface area contributed by atoms with Crippen LogP contribution in [-0.4, -0.2) is 46.6 Å². The van der Waals surface area contributed by atoms with Crippen LogP contribution in [0.4, 0.5) is 11.4 Å². The first kappa shape index (κ1) is 24.7. The number of hydrogen-bond acceptors (Lipinski definition) is 9. The molecule has 0 atom stereocenters. The van der Waals surface area contributed by atoms with E-state index in [0.29, 0.717) is 6.07 Å². The van der Waals surface area contributed by atoms with Gasteiger partial charge >= 0.3 is 0 Å². The summed E-state index contributed by atoms with van der Waals surface area (Å²) in [7, 11) is -8.67. The fourth-order valence-corrected chi connectivity index (χ4v) is 5.62. The Morgan fingerprint density at radius 2 is 1.37 bits per heavy atom. The highest BCUT2D eigenvalue weighted by Gasteiger charge is 2.22. The third-order valence-corrected chi connectivity index (χ3v) is 7.69. The molecule has 0 aliphatic heterocycles. The van der Waals surface area contributed by atoms with Crippen LogP contribution in [0.3, 0.4) is 0 Å². The maximum atomic E-state index is 12.2. The van der Waals surface area contributed by atoms with Gasteiger partial charge in [0.15, 0.2) is 0 Å². The van der Waals surface area contributed by atoms with Gasteiger partial charge in [-0.1, -0.05) is 30.3 Å². The van der Waals surface area contributed by atoms with Gasteiger partial charge in [0.1, 0.15) is 26.0 Å². The van der Waals surface area contributed by atoms with Gasteiger partial charge in [0.2, 0.25) is 0 Å². The van der Waals surface area contributed by atoms with Crippen molar-refractivity contribution in [2.24, 2.45) is 10.2 Å². The Morgan fingerprint density at radius 3 is 1.97 bits per heavy atom. The predicted octanol–water partition coefficient (Wildman–Crippen LogP) is 3.46. The van der Waals surface area contributed by atoms with Gasteiger partial charge in [-0.05, 0) is 35.7 Å². The summed E-state index contributed by atoms with van der Waals surface area (Å²) < 4.78 is 89.9. The molecule has 0 saturated heterocycles. The van der Waals surface area contributed by atoms with E-state index < -0.39 is 45.5 Å². The zero-order valence-corrected chi connectivity index (χ0v) is 19.7. The Bertz CT molecular complexity index is 1890. The lowest BCUT2D eigenvalue weighted by atomic mass is 10.1. The highest BCUT2D eigenvalue weighted by atomic mass is 32.2. The minimum absolute atomic E-state index is 0.0394. The minimum atomic E-state index is -4.80. The van der Waals surface area contributed by atoms with Gasteiger partial charge in [0.25, 0.3) is 27.4 Å². The Kier molecular flexibility index (Phi) is 5.93. The molecule has 35 heavy (non-hydrogen) atoms. The maximum absolute atomic E-state index is 12.2. The Balaban J connectivity index is 2.02. The third kappa shape index (κ3) is 4.76. The van der Waals surface area contributed by atoms with Gasteiger partial charge in [-0.25, -0.2) is 8.42 Å². The second-order valence-electron chi connectivity index (χ2n) is 7.28. The van der Waals surface area contributed by atoms with E-state index in [4.69, 9.17) is 7.12 Å². The number of rotatable bonds is 5. The molecular formula is C20H13BN2O9S3. The molecule has 178 valence electrons. The molecule has 0 unspecified atom stereocenters. The first-order chi connectivity index (χ1) is 16.2. The zero-order chi connectivity index (χ0) is 25.8. The monoisotopic (exact) mass is 532 g/mol. The number of fused-ring (bicyclic) bond motifs is 2. The van der Waals surface area contributed by atoms with Crippen molar-refractivity contribution in [3.05, 3.63) is 60.7 Å². The molecule has 3 N–H and O–H groups in total. The number of phenols is 1. The summed E-state index contributed by atoms with van der Waals surface area (Å²) in [5.74, 6) is -0.524. The fraction of sp³-hybridized carbons (Fsp3) is 0. The second-order valence-corrected chi connectivity index (χ2v) is 11.6. The maximum Gasteiger partial charge on any atom is 0.295 e. The molecule has 0 fully saturated rings. The van der Waals surface area contributed by atoms with Crippen LogP contribution in [0.5, 0.6) is 5.75 Å². The fourth-order valence-electron chi connectivity index (χ4n) is 3.52. The molecule has 15 heteroatoms. The normalized spacial score (nSPS) is 13.1. The van der Waals surface area contributed by atoms with Crippen LogP contribution < -0.4 is 0 Å². The van der Waals surface area contributed by atoms with Crippen molar-refractivity contribution in [3.8, 4) is 5.75 Å². The standard InChI is InChI=1S/C20H13BN2O9S3/c21-33(25,26)18-10-12(34(27,28)29)9-11-5-7-16(24)20(19(11)18)23-22-15-6-8-17(35(30,31)32)14-4-2-1-3-13(14)15/h1-10,24H,(H,27,28,29)(H,30,31,32). The van der Waals surface area contributed by atoms with Crippen LogP contribution in [0, 0.1) is 0 Å². The second kappa shape index (κ2) is 8.39. The summed E-state index contributed by atoms with van der Waals surface area (Å²) in [6.45, 7) is 0. The number of phenolic OH excluding ortho intramolecular Hbond substituents is 1. The van der Waals surface area contributed by atoms with Crippen LogP contribution in [0.2, 0.25) is 0 Å². The molecule has 4 aromatic carbocycles. The molecule has 0 heterocycles. The van der Waals surface area contributed by atoms with Gasteiger partial charge in [-0.2, -0.15) is 16.8 Å². The lowest BCUT2D eigenvalue weighted by Crippen LogP contribution is -2.05. The van der Waals surface area contributed by atoms with E-state index >= 15 is 0 Å². The van der Waals surface area contributed by atoms with Crippen molar-refractivity contribution in [1.82, 2.24) is 0 Å². The largest absolute Gasteiger partial charge is 0.506 e. The zero-order valence-electron chi connectivity index (χ0n) is 17.3. The summed E-state index contributed by atoms with van der Waals surface area (Å²) >= 11 is 0. The van der Waals surface area contributed by atoms with E-state index in [-0.39, 0.29) is 37.8 Å². The molecule has 0 aliphatic rings. The minimum Gasteiger partial charge on any atom is -0.506 e. The summed E-state index contributed by atoms with van der Waals surface area (Å²) in [5, 5.41) is 18.5. The quantitative estimate of drug-likeness (QED) is 0.196. The van der Waals surface area contributed by atoms with Crippen molar-refractivity contribution >= 4 is 70.0 Å². The number of aromatic hydroxyl groups is 1. The molecule has 0 amide bonds. The van der Waals surface area contributed by atoms with Crippen LogP contribution in [0.1, 0.15) is 0 Å². The van der Waals surface area contributed by atoms with E-state index in [2.05, 4.69) is 10.2 Å². The van der Waals surface area contributed by atoms with E-state index in [0.717, 1.165) is 18.2 Å². The van der Waals surface area contributed by atoms with Crippen LogP contribution in [0.25, 0.3) is 21.5 Å². The van der Waals surface area contributed by atoms with E-state index in [9.17, 15) is 39.5 Å². The molecule has 0 spiro atoms. The number of hydrogen-bond donors (Lipinski definition) is 3. The topological polar surface area (TPSA) is 188 Å². The predicted molar refractivity (Wildman–Crippen MR) is 126 cm³/mol. The van der Waals surface area contributed by atoms with Crippen molar-refractivity contribution < 1.29 is 39.5 Å². The van der Waals surface area contributed by atoms with Crippen molar-refractivity contribution in [3.63, 3.8) is 0 Å². The van der Waals surface area contributed by atoms with Crippen LogP contribution in [0.15, 0.2) is 85.6 Å². The van der Waals surface area contributed by atoms with Crippen LogP contribution in [-0.2, 0) is 29.9 Å². The van der Waals surface area contributed by atoms with Gasteiger partial charge < -0.3 is 5.11 Å². The summed E-state index contributed by atoms with van der Waals surface area (Å²) in [4.78, 5) is -1.84. The Hall–Kier alpha value is -3.37. The van der Waals surface area contributed by atoms with E-state index in [1.807, 2.05) is 0 Å². The number of azo groups is 1. The number of benzene rings is 4. The highest BCUT2D eigenvalue weighted by Crippen LogP contribution is 2.41. The SMILES string of the molecule is [B]S(=O)(=O)c1cc(S(=O)(=O)O)cc2ccc(O)c(N=Nc3ccc(S(=O)(=O)O)c4ccccc34)c12. The van der Waals surface area contributed by atoms with E-state index in [1.54, 1.807) is 12.1 Å². The third-order valence-electron chi connectivity index (χ3n) is 5.01. The highest BCUT2D eigenvalue weighted by molar-refractivity contribution is 8.12. The molecule has 0 saturated carbocycles. The van der Waals surface area contributed by atoms with Crippen molar-refractivity contribution in [2.75, 3.05) is 0 Å². The number of nitrogens with zero attached hydrogens (tertiary/aromatic N) is 2. The average molecular weight is 532 g/mol. The summed E-state index contributed by atoms with van der Waals surface area (Å²) in [6, 6.07) is 12.3. The van der Waals surface area contributed by atoms with E-state index in [1.165, 1.54) is 24.3 Å². The molecule has 4 rings (SSSR count).